The minimum Gasteiger partial charge on any atom is -0.444 e. The zero-order valence-electron chi connectivity index (χ0n) is 14.7. The highest BCUT2D eigenvalue weighted by Crippen LogP contribution is 2.29. The number of benzene rings is 1. The standard InChI is InChI=1S/C19H29NO3/c1-5-6-14-7-9-15(10-8-14)16-11-12-20(13-17(16)21)18(22)23-19(2,3)4/h7-10,16-17,21H,5-6,11-13H2,1-4H3. The fourth-order valence-corrected chi connectivity index (χ4v) is 3.03. The summed E-state index contributed by atoms with van der Waals surface area (Å²) in [6.45, 7) is 8.68. The van der Waals surface area contributed by atoms with Gasteiger partial charge in [-0.3, -0.25) is 0 Å². The molecule has 0 bridgehead atoms. The number of hydrogen-bond donors (Lipinski definition) is 1. The Kier molecular flexibility index (Phi) is 5.69. The number of β-amino-alcohol motifs (C(OH)–C–C–N with tert-alkyl or cyclic N) is 1. The molecule has 128 valence electrons. The third-order valence-corrected chi connectivity index (χ3v) is 4.18. The fourth-order valence-electron chi connectivity index (χ4n) is 3.03. The second-order valence-electron chi connectivity index (χ2n) is 7.38. The number of carbonyl (C=O) groups is 1. The molecule has 0 spiro atoms. The molecule has 2 unspecified atom stereocenters. The molecule has 4 nitrogen and oxygen atoms in total. The lowest BCUT2D eigenvalue weighted by atomic mass is 9.86. The lowest BCUT2D eigenvalue weighted by Gasteiger charge is -2.37. The van der Waals surface area contributed by atoms with Crippen molar-refractivity contribution in [1.29, 1.82) is 0 Å². The Bertz CT molecular complexity index is 518. The monoisotopic (exact) mass is 319 g/mol. The molecule has 1 aliphatic heterocycles. The number of carbonyl (C=O) groups excluding carboxylic acids is 1. The predicted molar refractivity (Wildman–Crippen MR) is 91.6 cm³/mol. The lowest BCUT2D eigenvalue weighted by molar-refractivity contribution is -0.00151. The summed E-state index contributed by atoms with van der Waals surface area (Å²) in [6.07, 6.45) is 2.09. The molecule has 4 heteroatoms. The van der Waals surface area contributed by atoms with Crippen molar-refractivity contribution in [2.45, 2.75) is 64.6 Å². The minimum absolute atomic E-state index is 0.0874. The van der Waals surface area contributed by atoms with E-state index in [-0.39, 0.29) is 12.0 Å². The molecule has 2 atom stereocenters. The molecule has 23 heavy (non-hydrogen) atoms. The van der Waals surface area contributed by atoms with E-state index in [0.717, 1.165) is 24.8 Å². The van der Waals surface area contributed by atoms with Crippen LogP contribution in [0.5, 0.6) is 0 Å². The van der Waals surface area contributed by atoms with Crippen molar-refractivity contribution >= 4 is 6.09 Å². The second-order valence-corrected chi connectivity index (χ2v) is 7.38. The van der Waals surface area contributed by atoms with Crippen LogP contribution in [0.4, 0.5) is 4.79 Å². The normalized spacial score (nSPS) is 22.0. The van der Waals surface area contributed by atoms with Crippen molar-refractivity contribution in [3.05, 3.63) is 35.4 Å². The lowest BCUT2D eigenvalue weighted by Crippen LogP contribution is -2.47. The molecule has 1 N–H and O–H groups in total. The van der Waals surface area contributed by atoms with E-state index in [1.54, 1.807) is 4.90 Å². The van der Waals surface area contributed by atoms with Crippen molar-refractivity contribution in [3.8, 4) is 0 Å². The van der Waals surface area contributed by atoms with Crippen LogP contribution < -0.4 is 0 Å². The molecule has 0 aromatic heterocycles. The third-order valence-electron chi connectivity index (χ3n) is 4.18. The highest BCUT2D eigenvalue weighted by molar-refractivity contribution is 5.68. The quantitative estimate of drug-likeness (QED) is 0.923. The maximum absolute atomic E-state index is 12.1. The highest BCUT2D eigenvalue weighted by Gasteiger charge is 2.33. The maximum atomic E-state index is 12.1. The smallest absolute Gasteiger partial charge is 0.410 e. The average Bonchev–Trinajstić information content (AvgIpc) is 2.47. The number of piperidine rings is 1. The van der Waals surface area contributed by atoms with Crippen LogP contribution in [0, 0.1) is 0 Å². The molecule has 1 aliphatic rings. The molecule has 1 fully saturated rings. The predicted octanol–water partition coefficient (Wildman–Crippen LogP) is 3.72. The van der Waals surface area contributed by atoms with Crippen LogP contribution in [-0.4, -0.2) is 40.9 Å². The van der Waals surface area contributed by atoms with E-state index >= 15 is 0 Å². The first-order chi connectivity index (χ1) is 10.8. The largest absolute Gasteiger partial charge is 0.444 e. The summed E-state index contributed by atoms with van der Waals surface area (Å²) in [6, 6.07) is 8.52. The van der Waals surface area contributed by atoms with Crippen molar-refractivity contribution in [1.82, 2.24) is 4.90 Å². The number of hydrogen-bond acceptors (Lipinski definition) is 3. The molecule has 2 rings (SSSR count). The molecular weight excluding hydrogens is 290 g/mol. The van der Waals surface area contributed by atoms with Gasteiger partial charge in [-0.2, -0.15) is 0 Å². The number of ether oxygens (including phenoxy) is 1. The molecule has 1 heterocycles. The van der Waals surface area contributed by atoms with Gasteiger partial charge in [-0.15, -0.1) is 0 Å². The Morgan fingerprint density at radius 1 is 1.30 bits per heavy atom. The molecule has 0 aliphatic carbocycles. The van der Waals surface area contributed by atoms with Crippen molar-refractivity contribution in [2.75, 3.05) is 13.1 Å². The first-order valence-corrected chi connectivity index (χ1v) is 8.55. The van der Waals surface area contributed by atoms with Crippen LogP contribution in [0.1, 0.15) is 57.6 Å². The number of nitrogens with zero attached hydrogens (tertiary/aromatic N) is 1. The van der Waals surface area contributed by atoms with Crippen LogP contribution in [0.25, 0.3) is 0 Å². The summed E-state index contributed by atoms with van der Waals surface area (Å²) in [5, 5.41) is 10.5. The summed E-state index contributed by atoms with van der Waals surface area (Å²) >= 11 is 0. The Morgan fingerprint density at radius 2 is 1.96 bits per heavy atom. The van der Waals surface area contributed by atoms with E-state index in [1.165, 1.54) is 5.56 Å². The van der Waals surface area contributed by atoms with Gasteiger partial charge in [0.1, 0.15) is 5.60 Å². The Balaban J connectivity index is 1.97. The summed E-state index contributed by atoms with van der Waals surface area (Å²) < 4.78 is 5.38. The SMILES string of the molecule is CCCc1ccc(C2CCN(C(=O)OC(C)(C)C)CC2O)cc1. The third kappa shape index (κ3) is 4.96. The number of amides is 1. The molecule has 0 radical (unpaired) electrons. The van der Waals surface area contributed by atoms with E-state index in [4.69, 9.17) is 4.74 Å². The van der Waals surface area contributed by atoms with Gasteiger partial charge in [0.15, 0.2) is 0 Å². The summed E-state index contributed by atoms with van der Waals surface area (Å²) in [5.74, 6) is 0.0874. The van der Waals surface area contributed by atoms with Gasteiger partial charge in [0.05, 0.1) is 12.6 Å². The van der Waals surface area contributed by atoms with E-state index in [1.807, 2.05) is 20.8 Å². The number of rotatable bonds is 3. The Hall–Kier alpha value is -1.55. The molecule has 1 aromatic rings. The van der Waals surface area contributed by atoms with Gasteiger partial charge in [-0.1, -0.05) is 37.6 Å². The van der Waals surface area contributed by atoms with Crippen molar-refractivity contribution in [3.63, 3.8) is 0 Å². The van der Waals surface area contributed by atoms with Crippen LogP contribution in [0.15, 0.2) is 24.3 Å². The first kappa shape index (κ1) is 17.8. The van der Waals surface area contributed by atoms with Crippen LogP contribution in [-0.2, 0) is 11.2 Å². The molecular formula is C19H29NO3. The zero-order chi connectivity index (χ0) is 17.0. The second kappa shape index (κ2) is 7.35. The summed E-state index contributed by atoms with van der Waals surface area (Å²) in [4.78, 5) is 13.7. The molecule has 1 aromatic carbocycles. The average molecular weight is 319 g/mol. The summed E-state index contributed by atoms with van der Waals surface area (Å²) in [7, 11) is 0. The van der Waals surface area contributed by atoms with Crippen LogP contribution >= 0.6 is 0 Å². The molecule has 1 saturated heterocycles. The van der Waals surface area contributed by atoms with Crippen LogP contribution in [0.3, 0.4) is 0 Å². The van der Waals surface area contributed by atoms with Crippen LogP contribution in [0.2, 0.25) is 0 Å². The van der Waals surface area contributed by atoms with Crippen molar-refractivity contribution in [2.24, 2.45) is 0 Å². The minimum atomic E-state index is -0.548. The van der Waals surface area contributed by atoms with Gasteiger partial charge in [0.2, 0.25) is 0 Å². The number of aliphatic hydroxyl groups is 1. The van der Waals surface area contributed by atoms with Gasteiger partial charge in [0.25, 0.3) is 0 Å². The van der Waals surface area contributed by atoms with E-state index in [9.17, 15) is 9.90 Å². The number of aryl methyl sites for hydroxylation is 1. The van der Waals surface area contributed by atoms with Gasteiger partial charge in [-0.05, 0) is 44.7 Å². The molecule has 0 saturated carbocycles. The van der Waals surface area contributed by atoms with Crippen molar-refractivity contribution < 1.29 is 14.6 Å². The highest BCUT2D eigenvalue weighted by atomic mass is 16.6. The van der Waals surface area contributed by atoms with E-state index < -0.39 is 11.7 Å². The molecule has 1 amide bonds. The van der Waals surface area contributed by atoms with Gasteiger partial charge < -0.3 is 14.7 Å². The fraction of sp³-hybridized carbons (Fsp3) is 0.632. The zero-order valence-corrected chi connectivity index (χ0v) is 14.7. The number of aliphatic hydroxyl groups excluding tert-OH is 1. The first-order valence-electron chi connectivity index (χ1n) is 8.55. The van der Waals surface area contributed by atoms with Gasteiger partial charge >= 0.3 is 6.09 Å². The maximum Gasteiger partial charge on any atom is 0.410 e. The topological polar surface area (TPSA) is 49.8 Å². The summed E-state index contributed by atoms with van der Waals surface area (Å²) in [5.41, 5.74) is 1.98. The Labute approximate surface area is 139 Å². The van der Waals surface area contributed by atoms with E-state index in [2.05, 4.69) is 31.2 Å². The van der Waals surface area contributed by atoms with E-state index in [0.29, 0.717) is 13.1 Å². The van der Waals surface area contributed by atoms with Gasteiger partial charge in [0, 0.05) is 12.5 Å². The number of likely N-dealkylation sites (tertiary alicyclic amines) is 1. The Morgan fingerprint density at radius 3 is 2.48 bits per heavy atom. The van der Waals surface area contributed by atoms with Gasteiger partial charge in [-0.25, -0.2) is 4.79 Å².